The number of allylic oxidation sites excluding steroid dienone is 3. The van der Waals surface area contributed by atoms with E-state index >= 15 is 0 Å². The number of aliphatic hydroxyl groups excluding tert-OH is 1. The minimum Gasteiger partial charge on any atom is -0.508 e. The van der Waals surface area contributed by atoms with E-state index in [0.717, 1.165) is 49.8 Å². The van der Waals surface area contributed by atoms with Gasteiger partial charge in [-0.15, -0.1) is 6.58 Å². The highest BCUT2D eigenvalue weighted by Gasteiger charge is 2.21. The topological polar surface area (TPSA) is 49.7 Å². The van der Waals surface area contributed by atoms with Gasteiger partial charge in [-0.1, -0.05) is 257 Å². The number of aliphatic hydroxyl groups is 1. The Bertz CT molecular complexity index is 1090. The highest BCUT2D eigenvalue weighted by molar-refractivity contribution is 5.37. The Morgan fingerprint density at radius 1 is 0.429 bits per heavy atom. The van der Waals surface area contributed by atoms with Crippen LogP contribution in [0.2, 0.25) is 0 Å². The molecule has 0 saturated carbocycles. The molecule has 0 amide bonds. The Morgan fingerprint density at radius 3 is 1.19 bits per heavy atom. The second-order valence-corrected chi connectivity index (χ2v) is 19.9. The van der Waals surface area contributed by atoms with Crippen molar-refractivity contribution in [2.24, 2.45) is 0 Å². The first-order valence-corrected chi connectivity index (χ1v) is 28.5. The number of hydrogen-bond acceptors (Lipinski definition) is 3. The number of ether oxygens (including phenoxy) is 1. The molecule has 2 N–H and O–H groups in total. The summed E-state index contributed by atoms with van der Waals surface area (Å²) >= 11 is 0. The zero-order chi connectivity index (χ0) is 45.4. The van der Waals surface area contributed by atoms with Gasteiger partial charge in [0.2, 0.25) is 0 Å². The van der Waals surface area contributed by atoms with Gasteiger partial charge in [0.15, 0.2) is 0 Å². The van der Waals surface area contributed by atoms with Crippen molar-refractivity contribution in [3.8, 4) is 11.5 Å². The fourth-order valence-electron chi connectivity index (χ4n) is 9.43. The van der Waals surface area contributed by atoms with Crippen molar-refractivity contribution in [2.75, 3.05) is 0 Å². The summed E-state index contributed by atoms with van der Waals surface area (Å²) in [6.45, 7) is 8.38. The molecule has 0 aliphatic carbocycles. The summed E-state index contributed by atoms with van der Waals surface area (Å²) in [7, 11) is 0. The van der Waals surface area contributed by atoms with Crippen molar-refractivity contribution in [2.45, 2.75) is 321 Å². The molecule has 0 radical (unpaired) electrons. The lowest BCUT2D eigenvalue weighted by molar-refractivity contribution is 0.0229. The predicted octanol–water partition coefficient (Wildman–Crippen LogP) is 20.4. The largest absolute Gasteiger partial charge is 0.508 e. The van der Waals surface area contributed by atoms with E-state index in [1.165, 1.54) is 257 Å². The summed E-state index contributed by atoms with van der Waals surface area (Å²) in [5.41, 5.74) is 1.16. The molecule has 0 aliphatic heterocycles. The number of benzene rings is 1. The van der Waals surface area contributed by atoms with E-state index in [2.05, 4.69) is 38.6 Å². The third-order valence-electron chi connectivity index (χ3n) is 13.6. The normalized spacial score (nSPS) is 12.7. The van der Waals surface area contributed by atoms with Crippen molar-refractivity contribution in [3.05, 3.63) is 48.6 Å². The molecule has 0 saturated heterocycles. The fraction of sp³-hybridized carbons (Fsp3) is 0.833. The molecule has 368 valence electrons. The van der Waals surface area contributed by atoms with Crippen LogP contribution in [0.1, 0.15) is 308 Å². The van der Waals surface area contributed by atoms with Crippen LogP contribution >= 0.6 is 0 Å². The maximum absolute atomic E-state index is 11.4. The van der Waals surface area contributed by atoms with Crippen LogP contribution in [0, 0.1) is 0 Å². The SMILES string of the molecule is C=CCCCCCCCCCCCCCCCC(O)C(CCCCCCCC)Oc1cc(O)cc(CCCCCCCCCCCCCCCCC/C=C/CCCCCCCC)c1. The first-order valence-electron chi connectivity index (χ1n) is 28.5. The van der Waals surface area contributed by atoms with Crippen LogP contribution in [0.4, 0.5) is 0 Å². The standard InChI is InChI=1S/C60H110O3/c1-4-7-10-13-16-18-20-22-24-25-26-27-28-29-30-31-32-33-35-36-38-40-42-44-47-50-56-53-57(61)55-58(54-56)63-60(52-49-46-15-12-9-6-3)59(62)51-48-45-43-41-39-37-34-23-21-19-17-14-11-8-5-2/h5,22,24,53-55,59-62H,2,4,6-21,23,25-52H2,1,3H3/b24-22+. The summed E-state index contributed by atoms with van der Waals surface area (Å²) in [5, 5.41) is 22.0. The smallest absolute Gasteiger partial charge is 0.124 e. The molecule has 0 aliphatic rings. The average Bonchev–Trinajstić information content (AvgIpc) is 3.28. The molecule has 63 heavy (non-hydrogen) atoms. The molecule has 1 aromatic carbocycles. The van der Waals surface area contributed by atoms with Gasteiger partial charge in [0.25, 0.3) is 0 Å². The summed E-state index contributed by atoms with van der Waals surface area (Å²) in [6, 6.07) is 5.80. The molecular weight excluding hydrogens is 769 g/mol. The minimum absolute atomic E-state index is 0.209. The van der Waals surface area contributed by atoms with E-state index in [1.807, 2.05) is 12.1 Å². The summed E-state index contributed by atoms with van der Waals surface area (Å²) in [6.07, 6.45) is 66.3. The van der Waals surface area contributed by atoms with Crippen molar-refractivity contribution >= 4 is 0 Å². The highest BCUT2D eigenvalue weighted by atomic mass is 16.5. The summed E-state index contributed by atoms with van der Waals surface area (Å²) in [4.78, 5) is 0. The Kier molecular flexibility index (Phi) is 45.4. The first-order chi connectivity index (χ1) is 31.1. The molecular formula is C60H110O3. The third-order valence-corrected chi connectivity index (χ3v) is 13.6. The van der Waals surface area contributed by atoms with E-state index in [0.29, 0.717) is 0 Å². The maximum Gasteiger partial charge on any atom is 0.124 e. The van der Waals surface area contributed by atoms with E-state index < -0.39 is 6.10 Å². The van der Waals surface area contributed by atoms with Gasteiger partial charge in [0, 0.05) is 6.07 Å². The molecule has 0 aromatic heterocycles. The number of phenols is 1. The second kappa shape index (κ2) is 48.2. The van der Waals surface area contributed by atoms with Crippen molar-refractivity contribution in [3.63, 3.8) is 0 Å². The zero-order valence-corrected chi connectivity index (χ0v) is 42.7. The van der Waals surface area contributed by atoms with Crippen molar-refractivity contribution < 1.29 is 14.9 Å². The summed E-state index contributed by atoms with van der Waals surface area (Å²) in [5.74, 6) is 1.01. The van der Waals surface area contributed by atoms with Gasteiger partial charge < -0.3 is 14.9 Å². The fourth-order valence-corrected chi connectivity index (χ4v) is 9.43. The number of hydrogen-bond donors (Lipinski definition) is 2. The second-order valence-electron chi connectivity index (χ2n) is 19.9. The maximum atomic E-state index is 11.4. The average molecular weight is 880 g/mol. The number of rotatable bonds is 51. The molecule has 3 nitrogen and oxygen atoms in total. The Labute approximate surface area is 394 Å². The molecule has 3 heteroatoms. The van der Waals surface area contributed by atoms with Gasteiger partial charge in [-0.05, 0) is 88.3 Å². The van der Waals surface area contributed by atoms with Crippen LogP contribution in [-0.2, 0) is 6.42 Å². The Hall–Kier alpha value is -1.74. The van der Waals surface area contributed by atoms with E-state index in [-0.39, 0.29) is 11.9 Å². The quantitative estimate of drug-likeness (QED) is 0.0506. The number of aryl methyl sites for hydroxylation is 1. The molecule has 1 aromatic rings. The van der Waals surface area contributed by atoms with Crippen LogP contribution in [0.5, 0.6) is 11.5 Å². The van der Waals surface area contributed by atoms with E-state index in [1.54, 1.807) is 6.07 Å². The molecule has 0 heterocycles. The van der Waals surface area contributed by atoms with Crippen LogP contribution in [0.15, 0.2) is 43.0 Å². The molecule has 1 rings (SSSR count). The van der Waals surface area contributed by atoms with Crippen LogP contribution < -0.4 is 4.74 Å². The number of phenolic OH excluding ortho intramolecular Hbond substituents is 1. The van der Waals surface area contributed by atoms with Crippen molar-refractivity contribution in [1.82, 2.24) is 0 Å². The molecule has 0 spiro atoms. The van der Waals surface area contributed by atoms with Gasteiger partial charge in [0.05, 0.1) is 6.10 Å². The zero-order valence-electron chi connectivity index (χ0n) is 42.7. The molecule has 2 atom stereocenters. The van der Waals surface area contributed by atoms with Gasteiger partial charge >= 0.3 is 0 Å². The predicted molar refractivity (Wildman–Crippen MR) is 281 cm³/mol. The Morgan fingerprint density at radius 2 is 0.778 bits per heavy atom. The van der Waals surface area contributed by atoms with Crippen molar-refractivity contribution in [1.29, 1.82) is 0 Å². The van der Waals surface area contributed by atoms with Gasteiger partial charge in [-0.3, -0.25) is 0 Å². The Balaban J connectivity index is 2.19. The van der Waals surface area contributed by atoms with E-state index in [4.69, 9.17) is 4.74 Å². The van der Waals surface area contributed by atoms with Gasteiger partial charge in [0.1, 0.15) is 17.6 Å². The van der Waals surface area contributed by atoms with Crippen LogP contribution in [0.25, 0.3) is 0 Å². The molecule has 0 bridgehead atoms. The van der Waals surface area contributed by atoms with Gasteiger partial charge in [-0.25, -0.2) is 0 Å². The lowest BCUT2D eigenvalue weighted by Gasteiger charge is -2.25. The number of aromatic hydroxyl groups is 1. The van der Waals surface area contributed by atoms with Crippen LogP contribution in [0.3, 0.4) is 0 Å². The number of unbranched alkanes of at least 4 members (excludes halogenated alkanes) is 39. The minimum atomic E-state index is -0.458. The lowest BCUT2D eigenvalue weighted by atomic mass is 9.99. The first kappa shape index (κ1) is 59.3. The summed E-state index contributed by atoms with van der Waals surface area (Å²) < 4.78 is 6.54. The van der Waals surface area contributed by atoms with Crippen LogP contribution in [-0.4, -0.2) is 22.4 Å². The molecule has 0 fully saturated rings. The van der Waals surface area contributed by atoms with Gasteiger partial charge in [-0.2, -0.15) is 0 Å². The monoisotopic (exact) mass is 879 g/mol. The van der Waals surface area contributed by atoms with E-state index in [9.17, 15) is 10.2 Å². The highest BCUT2D eigenvalue weighted by Crippen LogP contribution is 2.27. The molecule has 2 unspecified atom stereocenters. The third kappa shape index (κ3) is 41.4. The lowest BCUT2D eigenvalue weighted by Crippen LogP contribution is -2.32.